The molecule has 0 saturated carbocycles. The highest BCUT2D eigenvalue weighted by Crippen LogP contribution is 2.46. The first kappa shape index (κ1) is 22.2. The molecule has 0 bridgehead atoms. The SMILES string of the molecule is [2H]c1c(C#N)c([2H])c(C(F)(F)F)c(-c2ccnc(-c3cccc4c3oc3c5ccccc5ccc43)c2)c1C(F)(F)F. The van der Waals surface area contributed by atoms with E-state index in [1.54, 1.807) is 18.2 Å². The number of hydrogen-bond donors (Lipinski definition) is 0. The maximum atomic E-state index is 14.2. The van der Waals surface area contributed by atoms with E-state index in [-0.39, 0.29) is 5.69 Å². The van der Waals surface area contributed by atoms with Crippen LogP contribution in [0.2, 0.25) is 0 Å². The van der Waals surface area contributed by atoms with Gasteiger partial charge in [-0.15, -0.1) is 0 Å². The lowest BCUT2D eigenvalue weighted by Gasteiger charge is -2.20. The summed E-state index contributed by atoms with van der Waals surface area (Å²) in [6, 6.07) is 16.4. The van der Waals surface area contributed by atoms with Crippen LogP contribution in [0.1, 0.15) is 19.4 Å². The van der Waals surface area contributed by atoms with Crippen LogP contribution in [0, 0.1) is 11.3 Å². The summed E-state index contributed by atoms with van der Waals surface area (Å²) >= 11 is 0. The number of benzene rings is 4. The van der Waals surface area contributed by atoms with Gasteiger partial charge in [-0.1, -0.05) is 42.5 Å². The average Bonchev–Trinajstić information content (AvgIpc) is 3.31. The fourth-order valence-electron chi connectivity index (χ4n) is 4.76. The highest BCUT2D eigenvalue weighted by atomic mass is 19.4. The van der Waals surface area contributed by atoms with Gasteiger partial charge in [-0.2, -0.15) is 31.6 Å². The Morgan fingerprint density at radius 2 is 1.44 bits per heavy atom. The molecular formula is C30H14F6N2O. The molecule has 0 aliphatic carbocycles. The lowest BCUT2D eigenvalue weighted by atomic mass is 9.91. The van der Waals surface area contributed by atoms with Crippen molar-refractivity contribution in [3.63, 3.8) is 0 Å². The van der Waals surface area contributed by atoms with Gasteiger partial charge < -0.3 is 4.42 Å². The Balaban J connectivity index is 1.66. The zero-order valence-corrected chi connectivity index (χ0v) is 19.5. The van der Waals surface area contributed by atoms with Crippen LogP contribution in [0.4, 0.5) is 26.3 Å². The number of fused-ring (bicyclic) bond motifs is 5. The van der Waals surface area contributed by atoms with Gasteiger partial charge in [0.2, 0.25) is 0 Å². The molecule has 9 heteroatoms. The van der Waals surface area contributed by atoms with Crippen molar-refractivity contribution in [2.75, 3.05) is 0 Å². The second kappa shape index (κ2) is 8.60. The van der Waals surface area contributed by atoms with Crippen LogP contribution in [0.5, 0.6) is 0 Å². The molecule has 2 heterocycles. The summed E-state index contributed by atoms with van der Waals surface area (Å²) in [5, 5.41) is 12.4. The van der Waals surface area contributed by atoms with Gasteiger partial charge in [0.15, 0.2) is 0 Å². The zero-order valence-electron chi connectivity index (χ0n) is 21.5. The summed E-state index contributed by atoms with van der Waals surface area (Å²) in [7, 11) is 0. The van der Waals surface area contributed by atoms with Crippen LogP contribution >= 0.6 is 0 Å². The van der Waals surface area contributed by atoms with E-state index in [4.69, 9.17) is 7.16 Å². The van der Waals surface area contributed by atoms with Gasteiger partial charge in [-0.3, -0.25) is 4.98 Å². The number of alkyl halides is 6. The minimum absolute atomic E-state index is 0.0140. The van der Waals surface area contributed by atoms with Gasteiger partial charge >= 0.3 is 12.4 Å². The van der Waals surface area contributed by atoms with Crippen LogP contribution in [0.3, 0.4) is 0 Å². The number of hydrogen-bond acceptors (Lipinski definition) is 3. The molecule has 6 aromatic rings. The molecular weight excluding hydrogens is 518 g/mol. The van der Waals surface area contributed by atoms with E-state index in [1.165, 1.54) is 0 Å². The number of nitrogens with zero attached hydrogens (tertiary/aromatic N) is 2. The van der Waals surface area contributed by atoms with E-state index in [9.17, 15) is 31.6 Å². The van der Waals surface area contributed by atoms with E-state index < -0.39 is 52.3 Å². The van der Waals surface area contributed by atoms with Gasteiger partial charge in [-0.25, -0.2) is 0 Å². The number of nitriles is 1. The molecule has 0 radical (unpaired) electrons. The number of furan rings is 1. The molecule has 0 unspecified atom stereocenters. The monoisotopic (exact) mass is 534 g/mol. The molecule has 0 aliphatic heterocycles. The van der Waals surface area contributed by atoms with Gasteiger partial charge in [0.25, 0.3) is 0 Å². The number of pyridine rings is 1. The predicted molar refractivity (Wildman–Crippen MR) is 135 cm³/mol. The van der Waals surface area contributed by atoms with Crippen molar-refractivity contribution in [2.45, 2.75) is 12.4 Å². The number of rotatable bonds is 2. The highest BCUT2D eigenvalue weighted by Gasteiger charge is 2.42. The predicted octanol–water partition coefficient (Wildman–Crippen LogP) is 9.38. The Morgan fingerprint density at radius 3 is 2.13 bits per heavy atom. The Bertz CT molecular complexity index is 2030. The largest absolute Gasteiger partial charge is 0.455 e. The van der Waals surface area contributed by atoms with Crippen LogP contribution in [-0.4, -0.2) is 4.98 Å². The fraction of sp³-hybridized carbons (Fsp3) is 0.0667. The average molecular weight is 534 g/mol. The van der Waals surface area contributed by atoms with Crippen LogP contribution in [0.25, 0.3) is 55.1 Å². The van der Waals surface area contributed by atoms with Crippen molar-refractivity contribution >= 4 is 32.7 Å². The number of halogens is 6. The van der Waals surface area contributed by atoms with Gasteiger partial charge in [0.1, 0.15) is 11.2 Å². The Kier molecular flexibility index (Phi) is 4.89. The topological polar surface area (TPSA) is 49.8 Å². The maximum absolute atomic E-state index is 14.2. The Labute approximate surface area is 219 Å². The smallest absolute Gasteiger partial charge is 0.417 e. The number of para-hydroxylation sites is 1. The van der Waals surface area contributed by atoms with Gasteiger partial charge in [0.05, 0.1) is 31.2 Å². The molecule has 3 nitrogen and oxygen atoms in total. The lowest BCUT2D eigenvalue weighted by molar-refractivity contribution is -0.142. The van der Waals surface area contributed by atoms with Gasteiger partial charge in [-0.05, 0) is 47.3 Å². The molecule has 0 spiro atoms. The second-order valence-electron chi connectivity index (χ2n) is 8.73. The molecule has 0 fully saturated rings. The summed E-state index contributed by atoms with van der Waals surface area (Å²) in [5.41, 5.74) is -5.99. The normalized spacial score (nSPS) is 13.1. The van der Waals surface area contributed by atoms with Crippen LogP contribution in [-0.2, 0) is 12.4 Å². The molecule has 0 saturated heterocycles. The van der Waals surface area contributed by atoms with E-state index in [0.29, 0.717) is 22.1 Å². The summed E-state index contributed by atoms with van der Waals surface area (Å²) in [6.45, 7) is 0. The molecule has 0 N–H and O–H groups in total. The summed E-state index contributed by atoms with van der Waals surface area (Å²) in [5.74, 6) is 0. The fourth-order valence-corrected chi connectivity index (χ4v) is 4.76. The van der Waals surface area contributed by atoms with Crippen LogP contribution < -0.4 is 0 Å². The third-order valence-electron chi connectivity index (χ3n) is 6.39. The molecule has 0 atom stereocenters. The first-order chi connectivity index (χ1) is 19.4. The van der Waals surface area contributed by atoms with Crippen molar-refractivity contribution in [1.29, 1.82) is 5.26 Å². The summed E-state index contributed by atoms with van der Waals surface area (Å²) < 4.78 is 107. The van der Waals surface area contributed by atoms with E-state index in [0.717, 1.165) is 40.6 Å². The standard InChI is InChI=1S/C30H14F6N2O/c31-29(32,33)23-12-16(15-37)13-24(30(34,35)36)26(23)18-10-11-38-25(14-18)22-7-3-6-20-21-9-8-17-4-1-2-5-19(17)27(21)39-28(20)22/h1-14H/i12D,13D. The second-order valence-corrected chi connectivity index (χ2v) is 8.73. The minimum Gasteiger partial charge on any atom is -0.455 e. The van der Waals surface area contributed by atoms with Crippen molar-refractivity contribution in [1.82, 2.24) is 4.98 Å². The Hall–Kier alpha value is -4.84. The van der Waals surface area contributed by atoms with Crippen LogP contribution in [0.15, 0.2) is 89.4 Å². The van der Waals surface area contributed by atoms with E-state index in [2.05, 4.69) is 4.98 Å². The molecule has 6 rings (SSSR count). The summed E-state index contributed by atoms with van der Waals surface area (Å²) in [6.07, 6.45) is -9.82. The molecule has 0 aliphatic rings. The highest BCUT2D eigenvalue weighted by molar-refractivity contribution is 6.17. The quantitative estimate of drug-likeness (QED) is 0.208. The molecule has 0 amide bonds. The number of aromatic nitrogens is 1. The van der Waals surface area contributed by atoms with Crippen molar-refractivity contribution in [3.05, 3.63) is 102 Å². The molecule has 39 heavy (non-hydrogen) atoms. The first-order valence-corrected chi connectivity index (χ1v) is 11.4. The minimum atomic E-state index is -5.44. The third-order valence-corrected chi connectivity index (χ3v) is 6.39. The third kappa shape index (κ3) is 4.05. The molecule has 2 aromatic heterocycles. The first-order valence-electron chi connectivity index (χ1n) is 12.4. The zero-order chi connectivity index (χ0) is 29.3. The summed E-state index contributed by atoms with van der Waals surface area (Å²) in [4.78, 5) is 4.21. The Morgan fingerprint density at radius 1 is 0.769 bits per heavy atom. The maximum Gasteiger partial charge on any atom is 0.417 e. The molecule has 192 valence electrons. The lowest BCUT2D eigenvalue weighted by Crippen LogP contribution is -2.15. The van der Waals surface area contributed by atoms with Crippen molar-refractivity contribution < 1.29 is 33.5 Å². The van der Waals surface area contributed by atoms with Crippen molar-refractivity contribution in [3.8, 4) is 28.5 Å². The van der Waals surface area contributed by atoms with Gasteiger partial charge in [0, 0.05) is 33.5 Å². The molecule has 4 aromatic carbocycles. The van der Waals surface area contributed by atoms with E-state index in [1.807, 2.05) is 36.4 Å². The van der Waals surface area contributed by atoms with E-state index >= 15 is 0 Å². The van der Waals surface area contributed by atoms with Crippen molar-refractivity contribution in [2.24, 2.45) is 0 Å².